The lowest BCUT2D eigenvalue weighted by atomic mass is 9.53. The molecule has 4 bridgehead atoms. The molecule has 0 heterocycles. The van der Waals surface area contributed by atoms with Crippen LogP contribution < -0.4 is 11.1 Å². The lowest BCUT2D eigenvalue weighted by Crippen LogP contribution is -2.61. The Morgan fingerprint density at radius 1 is 1.18 bits per heavy atom. The fraction of sp³-hybridized carbons (Fsp3) is 0.923. The molecule has 4 aliphatic carbocycles. The van der Waals surface area contributed by atoms with Gasteiger partial charge in [0.05, 0.1) is 0 Å². The van der Waals surface area contributed by atoms with Crippen LogP contribution in [0.2, 0.25) is 0 Å². The number of aliphatic imine (C=N–C) groups is 1. The van der Waals surface area contributed by atoms with E-state index in [0.29, 0.717) is 11.5 Å². The van der Waals surface area contributed by atoms with Crippen molar-refractivity contribution in [2.45, 2.75) is 51.0 Å². The van der Waals surface area contributed by atoms with Crippen molar-refractivity contribution in [1.29, 1.82) is 0 Å². The summed E-state index contributed by atoms with van der Waals surface area (Å²) in [7, 11) is 0. The van der Waals surface area contributed by atoms with E-state index in [0.717, 1.165) is 24.3 Å². The molecule has 98 valence electrons. The summed E-state index contributed by atoms with van der Waals surface area (Å²) in [5, 5.41) is 3.55. The number of nitrogens with one attached hydrogen (secondary N) is 1. The van der Waals surface area contributed by atoms with Gasteiger partial charge in [-0.3, -0.25) is 4.99 Å². The summed E-state index contributed by atoms with van der Waals surface area (Å²) in [6.07, 6.45) is 8.43. The Bertz CT molecular complexity index is 279. The van der Waals surface area contributed by atoms with Crippen molar-refractivity contribution >= 4 is 18.4 Å². The number of guanidine groups is 1. The molecule has 0 aromatic carbocycles. The molecule has 17 heavy (non-hydrogen) atoms. The molecule has 0 radical (unpaired) electrons. The minimum absolute atomic E-state index is 0. The summed E-state index contributed by atoms with van der Waals surface area (Å²) in [5.41, 5.74) is 6.26. The molecule has 0 atom stereocenters. The zero-order valence-electron chi connectivity index (χ0n) is 10.6. The van der Waals surface area contributed by atoms with Crippen LogP contribution >= 0.6 is 12.4 Å². The van der Waals surface area contributed by atoms with Crippen LogP contribution in [-0.2, 0) is 0 Å². The maximum absolute atomic E-state index is 5.94. The Balaban J connectivity index is 0.00000108. The minimum Gasteiger partial charge on any atom is -0.370 e. The van der Waals surface area contributed by atoms with Crippen molar-refractivity contribution in [2.24, 2.45) is 28.5 Å². The number of hydrogen-bond acceptors (Lipinski definition) is 1. The molecular weight excluding hydrogens is 234 g/mol. The number of halogens is 1. The van der Waals surface area contributed by atoms with Gasteiger partial charge < -0.3 is 11.1 Å². The Morgan fingerprint density at radius 3 is 2.06 bits per heavy atom. The van der Waals surface area contributed by atoms with Crippen LogP contribution in [0.1, 0.15) is 45.4 Å². The number of nitrogens with two attached hydrogens (primary N) is 1. The van der Waals surface area contributed by atoms with E-state index in [1.165, 1.54) is 38.5 Å². The molecule has 4 rings (SSSR count). The summed E-state index contributed by atoms with van der Waals surface area (Å²) in [4.78, 5) is 4.28. The topological polar surface area (TPSA) is 50.4 Å². The molecule has 0 unspecified atom stereocenters. The summed E-state index contributed by atoms with van der Waals surface area (Å²) < 4.78 is 0. The second-order valence-corrected chi connectivity index (χ2v) is 6.18. The van der Waals surface area contributed by atoms with Crippen LogP contribution in [0.5, 0.6) is 0 Å². The Hall–Kier alpha value is -0.440. The molecule has 3 N–H and O–H groups in total. The van der Waals surface area contributed by atoms with Crippen molar-refractivity contribution in [1.82, 2.24) is 5.32 Å². The normalized spacial score (nSPS) is 43.4. The van der Waals surface area contributed by atoms with Crippen molar-refractivity contribution in [3.8, 4) is 0 Å². The average molecular weight is 258 g/mol. The van der Waals surface area contributed by atoms with Gasteiger partial charge in [0, 0.05) is 12.1 Å². The first kappa shape index (κ1) is 13.0. The zero-order chi connectivity index (χ0) is 11.2. The fourth-order valence-corrected chi connectivity index (χ4v) is 4.75. The summed E-state index contributed by atoms with van der Waals surface area (Å²) >= 11 is 0. The predicted molar refractivity (Wildman–Crippen MR) is 73.5 cm³/mol. The van der Waals surface area contributed by atoms with E-state index in [2.05, 4.69) is 10.3 Å². The third-order valence-corrected chi connectivity index (χ3v) is 4.76. The van der Waals surface area contributed by atoms with Gasteiger partial charge in [-0.25, -0.2) is 0 Å². The first-order valence-electron chi connectivity index (χ1n) is 6.77. The molecule has 0 aliphatic heterocycles. The monoisotopic (exact) mass is 257 g/mol. The van der Waals surface area contributed by atoms with Gasteiger partial charge in [-0.1, -0.05) is 0 Å². The average Bonchev–Trinajstić information content (AvgIpc) is 2.13. The fourth-order valence-electron chi connectivity index (χ4n) is 4.75. The van der Waals surface area contributed by atoms with Crippen LogP contribution in [0, 0.1) is 17.8 Å². The van der Waals surface area contributed by atoms with Crippen LogP contribution in [0.3, 0.4) is 0 Å². The zero-order valence-corrected chi connectivity index (χ0v) is 11.4. The predicted octanol–water partition coefficient (Wildman–Crippen LogP) is 2.30. The largest absolute Gasteiger partial charge is 0.370 e. The van der Waals surface area contributed by atoms with Crippen molar-refractivity contribution in [3.63, 3.8) is 0 Å². The van der Waals surface area contributed by atoms with Crippen molar-refractivity contribution in [2.75, 3.05) is 6.54 Å². The molecular formula is C13H24ClN3. The number of hydrogen-bond donors (Lipinski definition) is 2. The Kier molecular flexibility index (Phi) is 3.58. The third-order valence-electron chi connectivity index (χ3n) is 4.76. The second kappa shape index (κ2) is 4.68. The first-order chi connectivity index (χ1) is 7.69. The summed E-state index contributed by atoms with van der Waals surface area (Å²) in [6, 6.07) is 0. The molecule has 0 amide bonds. The van der Waals surface area contributed by atoms with Gasteiger partial charge >= 0.3 is 0 Å². The van der Waals surface area contributed by atoms with Crippen LogP contribution in [0.4, 0.5) is 0 Å². The molecule has 4 fully saturated rings. The lowest BCUT2D eigenvalue weighted by Gasteiger charge is -2.57. The Labute approximate surface area is 110 Å². The van der Waals surface area contributed by atoms with Gasteiger partial charge in [0.1, 0.15) is 0 Å². The molecule has 0 spiro atoms. The summed E-state index contributed by atoms with van der Waals surface area (Å²) in [6.45, 7) is 2.82. The van der Waals surface area contributed by atoms with Crippen molar-refractivity contribution in [3.05, 3.63) is 0 Å². The maximum atomic E-state index is 5.94. The maximum Gasteiger partial charge on any atom is 0.189 e. The van der Waals surface area contributed by atoms with E-state index in [9.17, 15) is 0 Å². The summed E-state index contributed by atoms with van der Waals surface area (Å²) in [5.74, 6) is 3.57. The number of nitrogens with zero attached hydrogens (tertiary/aromatic N) is 1. The van der Waals surface area contributed by atoms with E-state index in [1.54, 1.807) is 0 Å². The lowest BCUT2D eigenvalue weighted by molar-refractivity contribution is -0.0102. The van der Waals surface area contributed by atoms with Gasteiger partial charge in [0.25, 0.3) is 0 Å². The molecule has 0 saturated heterocycles. The SMILES string of the molecule is CCN=C(N)NC12CC3CC(CC(C3)C1)C2.Cl. The van der Waals surface area contributed by atoms with Gasteiger partial charge in [0.15, 0.2) is 5.96 Å². The Morgan fingerprint density at radius 2 is 1.65 bits per heavy atom. The van der Waals surface area contributed by atoms with E-state index in [4.69, 9.17) is 5.73 Å². The molecule has 0 aromatic heterocycles. The molecule has 4 heteroatoms. The van der Waals surface area contributed by atoms with Gasteiger partial charge in [0.2, 0.25) is 0 Å². The minimum atomic E-state index is 0. The quantitative estimate of drug-likeness (QED) is 0.589. The van der Waals surface area contributed by atoms with Crippen LogP contribution in [0.15, 0.2) is 4.99 Å². The highest BCUT2D eigenvalue weighted by molar-refractivity contribution is 5.85. The highest BCUT2D eigenvalue weighted by Gasteiger charge is 2.51. The van der Waals surface area contributed by atoms with E-state index >= 15 is 0 Å². The van der Waals surface area contributed by atoms with Crippen LogP contribution in [0.25, 0.3) is 0 Å². The second-order valence-electron chi connectivity index (χ2n) is 6.18. The van der Waals surface area contributed by atoms with Crippen molar-refractivity contribution < 1.29 is 0 Å². The molecule has 0 aromatic rings. The van der Waals surface area contributed by atoms with E-state index in [1.807, 2.05) is 6.92 Å². The smallest absolute Gasteiger partial charge is 0.189 e. The first-order valence-corrected chi connectivity index (χ1v) is 6.77. The van der Waals surface area contributed by atoms with E-state index < -0.39 is 0 Å². The standard InChI is InChI=1S/C13H23N3.ClH/c1-2-15-12(14)16-13-6-9-3-10(7-13)5-11(4-9)8-13;/h9-11H,2-8H2,1H3,(H3,14,15,16);1H. The number of rotatable bonds is 2. The highest BCUT2D eigenvalue weighted by atomic mass is 35.5. The van der Waals surface area contributed by atoms with Gasteiger partial charge in [-0.05, 0) is 63.2 Å². The highest BCUT2D eigenvalue weighted by Crippen LogP contribution is 2.55. The third kappa shape index (κ3) is 2.40. The van der Waals surface area contributed by atoms with E-state index in [-0.39, 0.29) is 12.4 Å². The molecule has 3 nitrogen and oxygen atoms in total. The van der Waals surface area contributed by atoms with Gasteiger partial charge in [-0.2, -0.15) is 0 Å². The molecule has 4 saturated carbocycles. The van der Waals surface area contributed by atoms with Gasteiger partial charge in [-0.15, -0.1) is 12.4 Å². The van der Waals surface area contributed by atoms with Crippen LogP contribution in [-0.4, -0.2) is 18.0 Å². The molecule has 4 aliphatic rings.